The summed E-state index contributed by atoms with van der Waals surface area (Å²) in [6.45, 7) is 22.4. The van der Waals surface area contributed by atoms with Crippen molar-refractivity contribution in [3.63, 3.8) is 0 Å². The standard InChI is InChI=1S/C57H68N6O9/c1-10-61(11-2)49-22-19-43(28-46(34-58)55(64)67-16-7)52(31-49)70-37-40-25-41(38-71-53-32-50(62(12-3)13-4)23-20-44(53)29-47(35-59)56(65)68-17-8)27-42(26-40)39-72-54-33-51(63(14-5)15-6)24-21-45(54)30-48(36-60)57(66)69-18-9/h19-33,55,64H,10-18,37-39H2,1-9H3/b46-28-,47-29-,48-30+. The monoisotopic (exact) mass is 981 g/mol. The Balaban J connectivity index is 1.89. The van der Waals surface area contributed by atoms with Crippen molar-refractivity contribution in [2.45, 2.75) is 88.4 Å². The maximum atomic E-state index is 12.7. The summed E-state index contributed by atoms with van der Waals surface area (Å²) in [5, 5.41) is 40.5. The lowest BCUT2D eigenvalue weighted by Crippen LogP contribution is -2.21. The summed E-state index contributed by atoms with van der Waals surface area (Å²) in [5.41, 5.74) is 6.14. The third-order valence-electron chi connectivity index (χ3n) is 11.5. The third-order valence-corrected chi connectivity index (χ3v) is 11.5. The summed E-state index contributed by atoms with van der Waals surface area (Å²) < 4.78 is 35.5. The van der Waals surface area contributed by atoms with Crippen molar-refractivity contribution < 1.29 is 43.1 Å². The molecule has 1 N–H and O–H groups in total. The molecule has 4 aromatic rings. The summed E-state index contributed by atoms with van der Waals surface area (Å²) in [6.07, 6.45) is 3.06. The molecule has 380 valence electrons. The zero-order valence-electron chi connectivity index (χ0n) is 43.1. The molecule has 0 aliphatic carbocycles. The summed E-state index contributed by atoms with van der Waals surface area (Å²) >= 11 is 0. The van der Waals surface area contributed by atoms with Gasteiger partial charge in [-0.2, -0.15) is 15.8 Å². The number of rotatable bonds is 28. The van der Waals surface area contributed by atoms with E-state index in [9.17, 15) is 30.5 Å². The SMILES string of the molecule is CCOC(=O)/C(C#N)=C\c1ccc(N(CC)CC)cc1OCc1cc(COc2cc(N(CC)CC)ccc2/C=C(/C#N)C(O)OCC)cc(COc2cc(N(CC)CC)ccc2/C=C(\C#N)C(=O)OCC)c1. The second-order valence-corrected chi connectivity index (χ2v) is 16.0. The molecule has 4 aromatic carbocycles. The largest absolute Gasteiger partial charge is 0.488 e. The first-order valence-electron chi connectivity index (χ1n) is 24.5. The fraction of sp³-hybridized carbons (Fsp3) is 0.386. The van der Waals surface area contributed by atoms with Gasteiger partial charge in [-0.15, -0.1) is 0 Å². The molecule has 0 saturated carbocycles. The number of nitrogens with zero attached hydrogens (tertiary/aromatic N) is 6. The minimum absolute atomic E-state index is 0.0164. The van der Waals surface area contributed by atoms with E-state index in [1.54, 1.807) is 26.8 Å². The van der Waals surface area contributed by atoms with Gasteiger partial charge < -0.3 is 48.2 Å². The maximum absolute atomic E-state index is 12.7. The number of esters is 2. The second-order valence-electron chi connectivity index (χ2n) is 16.0. The van der Waals surface area contributed by atoms with Gasteiger partial charge in [0.15, 0.2) is 6.29 Å². The molecule has 0 fully saturated rings. The molecular formula is C57H68N6O9. The molecule has 0 aliphatic heterocycles. The molecule has 0 spiro atoms. The number of benzene rings is 4. The van der Waals surface area contributed by atoms with Gasteiger partial charge in [0, 0.05) is 97.8 Å². The maximum Gasteiger partial charge on any atom is 0.348 e. The minimum atomic E-state index is -1.42. The van der Waals surface area contributed by atoms with Gasteiger partial charge in [0.1, 0.15) is 66.4 Å². The highest BCUT2D eigenvalue weighted by atomic mass is 16.6. The molecule has 0 amide bonds. The van der Waals surface area contributed by atoms with E-state index in [1.165, 1.54) is 12.2 Å². The first kappa shape index (κ1) is 56.8. The summed E-state index contributed by atoms with van der Waals surface area (Å²) in [4.78, 5) is 32.0. The van der Waals surface area contributed by atoms with Crippen LogP contribution < -0.4 is 28.9 Å². The van der Waals surface area contributed by atoms with Gasteiger partial charge in [-0.25, -0.2) is 9.59 Å². The van der Waals surface area contributed by atoms with Gasteiger partial charge in [-0.05, 0) is 152 Å². The summed E-state index contributed by atoms with van der Waals surface area (Å²) in [6, 6.07) is 28.7. The first-order chi connectivity index (χ1) is 34.9. The molecule has 72 heavy (non-hydrogen) atoms. The van der Waals surface area contributed by atoms with Crippen molar-refractivity contribution in [1.29, 1.82) is 15.8 Å². The lowest BCUT2D eigenvalue weighted by Gasteiger charge is -2.23. The number of carbonyl (C=O) groups is 2. The van der Waals surface area contributed by atoms with Crippen LogP contribution in [0.25, 0.3) is 18.2 Å². The number of nitriles is 3. The average Bonchev–Trinajstić information content (AvgIpc) is 3.39. The van der Waals surface area contributed by atoms with Crippen molar-refractivity contribution in [3.8, 4) is 35.5 Å². The number of hydrogen-bond donors (Lipinski definition) is 1. The van der Waals surface area contributed by atoms with Crippen LogP contribution in [0.1, 0.15) is 95.7 Å². The Kier molecular flexibility index (Phi) is 23.2. The van der Waals surface area contributed by atoms with E-state index in [1.807, 2.05) is 84.9 Å². The Morgan fingerprint density at radius 2 is 0.833 bits per heavy atom. The van der Waals surface area contributed by atoms with Crippen molar-refractivity contribution in [2.75, 3.05) is 73.8 Å². The second kappa shape index (κ2) is 29.4. The van der Waals surface area contributed by atoms with Crippen LogP contribution in [0.3, 0.4) is 0 Å². The Morgan fingerprint density at radius 1 is 0.500 bits per heavy atom. The van der Waals surface area contributed by atoms with Crippen molar-refractivity contribution >= 4 is 47.2 Å². The van der Waals surface area contributed by atoms with Gasteiger partial charge in [-0.3, -0.25) is 0 Å². The topological polar surface area (TPSA) is 191 Å². The Morgan fingerprint density at radius 3 is 1.11 bits per heavy atom. The molecule has 1 unspecified atom stereocenters. The predicted octanol–water partition coefficient (Wildman–Crippen LogP) is 10.2. The van der Waals surface area contributed by atoms with Crippen molar-refractivity contribution in [2.24, 2.45) is 0 Å². The van der Waals surface area contributed by atoms with Gasteiger partial charge in [0.25, 0.3) is 0 Å². The number of anilines is 3. The third kappa shape index (κ3) is 15.9. The van der Waals surface area contributed by atoms with E-state index in [-0.39, 0.29) is 56.4 Å². The zero-order chi connectivity index (χ0) is 52.6. The number of aliphatic hydroxyl groups excluding tert-OH is 1. The molecule has 0 aromatic heterocycles. The van der Waals surface area contributed by atoms with E-state index in [2.05, 4.69) is 62.3 Å². The van der Waals surface area contributed by atoms with Crippen LogP contribution in [0.15, 0.2) is 89.5 Å². The Labute approximate surface area is 425 Å². The fourth-order valence-electron chi connectivity index (χ4n) is 7.81. The van der Waals surface area contributed by atoms with E-state index >= 15 is 0 Å². The number of aliphatic hydroxyl groups is 1. The van der Waals surface area contributed by atoms with Gasteiger partial charge in [0.05, 0.1) is 18.8 Å². The van der Waals surface area contributed by atoms with Crippen LogP contribution in [-0.4, -0.2) is 82.4 Å². The molecular weight excluding hydrogens is 913 g/mol. The molecule has 0 radical (unpaired) electrons. The quantitative estimate of drug-likeness (QED) is 0.0245. The van der Waals surface area contributed by atoms with Gasteiger partial charge in [-0.1, -0.05) is 0 Å². The van der Waals surface area contributed by atoms with Gasteiger partial charge in [0.2, 0.25) is 0 Å². The Bertz CT molecular complexity index is 2550. The average molecular weight is 981 g/mol. The normalized spacial score (nSPS) is 11.9. The smallest absolute Gasteiger partial charge is 0.348 e. The molecule has 0 bridgehead atoms. The zero-order valence-corrected chi connectivity index (χ0v) is 43.1. The molecule has 15 nitrogen and oxygen atoms in total. The lowest BCUT2D eigenvalue weighted by molar-refractivity contribution is -0.138. The molecule has 4 rings (SSSR count). The molecule has 0 aliphatic rings. The summed E-state index contributed by atoms with van der Waals surface area (Å²) in [5.74, 6) is -0.143. The number of ether oxygens (including phenoxy) is 6. The number of hydrogen-bond acceptors (Lipinski definition) is 15. The van der Waals surface area contributed by atoms with Crippen LogP contribution >= 0.6 is 0 Å². The Hall–Kier alpha value is -7.77. The highest BCUT2D eigenvalue weighted by molar-refractivity contribution is 5.99. The fourth-order valence-corrected chi connectivity index (χ4v) is 7.81. The number of carbonyl (C=O) groups excluding carboxylic acids is 2. The van der Waals surface area contributed by atoms with Crippen LogP contribution in [-0.2, 0) is 43.6 Å². The molecule has 1 atom stereocenters. The van der Waals surface area contributed by atoms with E-state index in [4.69, 9.17) is 28.4 Å². The molecule has 0 saturated heterocycles. The van der Waals surface area contributed by atoms with E-state index in [0.717, 1.165) is 73.0 Å². The van der Waals surface area contributed by atoms with Gasteiger partial charge >= 0.3 is 11.9 Å². The van der Waals surface area contributed by atoms with Crippen LogP contribution in [0.2, 0.25) is 0 Å². The minimum Gasteiger partial charge on any atom is -0.488 e. The van der Waals surface area contributed by atoms with E-state index in [0.29, 0.717) is 33.9 Å². The van der Waals surface area contributed by atoms with Crippen LogP contribution in [0.4, 0.5) is 17.1 Å². The molecule has 0 heterocycles. The first-order valence-corrected chi connectivity index (χ1v) is 24.5. The highest BCUT2D eigenvalue weighted by Gasteiger charge is 2.18. The van der Waals surface area contributed by atoms with Crippen LogP contribution in [0.5, 0.6) is 17.2 Å². The lowest BCUT2D eigenvalue weighted by atomic mass is 10.1. The summed E-state index contributed by atoms with van der Waals surface area (Å²) in [7, 11) is 0. The van der Waals surface area contributed by atoms with Crippen LogP contribution in [0, 0.1) is 34.0 Å². The van der Waals surface area contributed by atoms with E-state index < -0.39 is 18.2 Å². The molecule has 15 heteroatoms. The predicted molar refractivity (Wildman–Crippen MR) is 281 cm³/mol. The van der Waals surface area contributed by atoms with Crippen molar-refractivity contribution in [3.05, 3.63) is 123 Å². The highest BCUT2D eigenvalue weighted by Crippen LogP contribution is 2.33. The van der Waals surface area contributed by atoms with Crippen molar-refractivity contribution in [1.82, 2.24) is 0 Å².